The molecule has 0 aromatic heterocycles. The molecule has 21 nitrogen and oxygen atoms in total. The van der Waals surface area contributed by atoms with Crippen molar-refractivity contribution >= 4 is 54.0 Å². The topological polar surface area (TPSA) is 271 Å². The van der Waals surface area contributed by atoms with Crippen LogP contribution < -0.4 is 23.7 Å². The van der Waals surface area contributed by atoms with Crippen LogP contribution in [0.5, 0.6) is 28.7 Å². The number of ether oxygens (including phenoxy) is 12. The zero-order chi connectivity index (χ0) is 60.5. The number of unbranched alkanes of at least 4 members (excludes halogenated alkanes) is 2. The summed E-state index contributed by atoms with van der Waals surface area (Å²) >= 11 is 0. The van der Waals surface area contributed by atoms with Crippen molar-refractivity contribution in [3.8, 4) is 28.7 Å². The first-order chi connectivity index (χ1) is 40.7. The van der Waals surface area contributed by atoms with Crippen LogP contribution in [0.2, 0.25) is 0 Å². The minimum atomic E-state index is -0.735. The highest BCUT2D eigenvalue weighted by Crippen LogP contribution is 2.34. The number of esters is 8. The minimum absolute atomic E-state index is 0.0142. The first-order valence-corrected chi connectivity index (χ1v) is 28.0. The molecule has 0 bridgehead atoms. The van der Waals surface area contributed by atoms with Crippen LogP contribution >= 0.6 is 0 Å². The molecule has 84 heavy (non-hydrogen) atoms. The number of nitrogens with one attached hydrogen (secondary N) is 1. The van der Waals surface area contributed by atoms with Crippen molar-refractivity contribution in [2.75, 3.05) is 59.5 Å². The molecule has 0 radical (unpaired) electrons. The fraction of sp³-hybridized carbons (Fsp3) is 0.444. The van der Waals surface area contributed by atoms with Crippen molar-refractivity contribution in [3.63, 3.8) is 0 Å². The van der Waals surface area contributed by atoms with E-state index in [4.69, 9.17) is 62.3 Å². The molecule has 21 heteroatoms. The highest BCUT2D eigenvalue weighted by Gasteiger charge is 2.34. The van der Waals surface area contributed by atoms with Gasteiger partial charge in [0.25, 0.3) is 0 Å². The van der Waals surface area contributed by atoms with Gasteiger partial charge in [0.2, 0.25) is 0 Å². The van der Waals surface area contributed by atoms with Gasteiger partial charge in [-0.15, -0.1) is 0 Å². The lowest BCUT2D eigenvalue weighted by Gasteiger charge is -2.26. The van der Waals surface area contributed by atoms with E-state index in [0.29, 0.717) is 125 Å². The Hall–Kier alpha value is -8.43. The highest BCUT2D eigenvalue weighted by molar-refractivity contribution is 5.85. The molecule has 2 unspecified atom stereocenters. The number of rotatable bonds is 37. The zero-order valence-electron chi connectivity index (χ0n) is 47.3. The summed E-state index contributed by atoms with van der Waals surface area (Å²) in [5.74, 6) is -3.83. The molecule has 3 aromatic carbocycles. The van der Waals surface area contributed by atoms with Gasteiger partial charge in [-0.25, -0.2) is 19.2 Å². The monoisotopic (exact) mass is 1170 g/mol. The fourth-order valence-electron chi connectivity index (χ4n) is 8.82. The van der Waals surface area contributed by atoms with Crippen molar-refractivity contribution in [1.82, 2.24) is 0 Å². The first kappa shape index (κ1) is 66.4. The highest BCUT2D eigenvalue weighted by atomic mass is 16.6. The summed E-state index contributed by atoms with van der Waals surface area (Å²) in [7, 11) is 0. The minimum Gasteiger partial charge on any atom is -0.490 e. The van der Waals surface area contributed by atoms with Crippen LogP contribution in [0.3, 0.4) is 0 Å². The largest absolute Gasteiger partial charge is 0.490 e. The van der Waals surface area contributed by atoms with Crippen LogP contribution in [0, 0.1) is 29.1 Å². The Labute approximate surface area is 489 Å². The van der Waals surface area contributed by atoms with E-state index in [0.717, 1.165) is 36.1 Å². The van der Waals surface area contributed by atoms with Crippen molar-refractivity contribution in [1.29, 1.82) is 5.41 Å². The van der Waals surface area contributed by atoms with E-state index in [1.165, 1.54) is 0 Å². The maximum Gasteiger partial charge on any atom is 0.330 e. The Morgan fingerprint density at radius 1 is 0.440 bits per heavy atom. The summed E-state index contributed by atoms with van der Waals surface area (Å²) in [5.41, 5.74) is 1.15. The summed E-state index contributed by atoms with van der Waals surface area (Å²) in [6, 6.07) is 17.9. The molecule has 0 saturated heterocycles. The molecule has 0 heterocycles. The van der Waals surface area contributed by atoms with Gasteiger partial charge in [0.1, 0.15) is 42.0 Å². The average Bonchev–Trinajstić information content (AvgIpc) is 3.72. The lowest BCUT2D eigenvalue weighted by atomic mass is 9.82. The van der Waals surface area contributed by atoms with E-state index in [1.54, 1.807) is 66.7 Å². The Balaban J connectivity index is 0.952. The van der Waals surface area contributed by atoms with Gasteiger partial charge in [0, 0.05) is 55.7 Å². The molecule has 3 aromatic rings. The second-order valence-corrected chi connectivity index (χ2v) is 19.7. The first-order valence-electron chi connectivity index (χ1n) is 28.0. The number of carbonyl (C=O) groups is 8. The molecule has 2 aliphatic rings. The third kappa shape index (κ3) is 24.2. The maximum atomic E-state index is 13.3. The number of carbonyl (C=O) groups excluding carboxylic acids is 8. The molecular formula is C63H75NO20. The maximum absolute atomic E-state index is 13.3. The summed E-state index contributed by atoms with van der Waals surface area (Å²) in [6.07, 6.45) is 10.1. The van der Waals surface area contributed by atoms with Crippen molar-refractivity contribution in [2.45, 2.75) is 95.7 Å². The summed E-state index contributed by atoms with van der Waals surface area (Å²) in [5, 5.41) is 8.00. The normalized spacial score (nSPS) is 17.0. The average molecular weight is 1170 g/mol. The fourth-order valence-corrected chi connectivity index (χ4v) is 8.82. The summed E-state index contributed by atoms with van der Waals surface area (Å²) in [6.45, 7) is 14.9. The lowest BCUT2D eigenvalue weighted by molar-refractivity contribution is -0.152. The van der Waals surface area contributed by atoms with Gasteiger partial charge in [-0.05, 0) is 143 Å². The second-order valence-electron chi connectivity index (χ2n) is 19.7. The van der Waals surface area contributed by atoms with Gasteiger partial charge in [0.15, 0.2) is 12.2 Å². The van der Waals surface area contributed by atoms with Gasteiger partial charge in [-0.3, -0.25) is 19.2 Å². The molecule has 0 amide bonds. The molecule has 1 N–H and O–H groups in total. The second kappa shape index (κ2) is 36.9. The van der Waals surface area contributed by atoms with Gasteiger partial charge < -0.3 is 62.3 Å². The van der Waals surface area contributed by atoms with Crippen molar-refractivity contribution in [2.24, 2.45) is 23.7 Å². The smallest absolute Gasteiger partial charge is 0.330 e. The van der Waals surface area contributed by atoms with E-state index in [9.17, 15) is 38.4 Å². The molecule has 2 fully saturated rings. The summed E-state index contributed by atoms with van der Waals surface area (Å²) in [4.78, 5) is 98.7. The lowest BCUT2D eigenvalue weighted by Crippen LogP contribution is -2.30. The number of benzene rings is 3. The standard InChI is InChI=1S/C63H75NO20/c1-5-56(65)75-34-11-9-32-73-39-53(80-58(67)7-3)41-78-49-22-26-51(27-23-49)82-61(70)45-16-14-44(15-17-45)60(69)77-36-31-43-13-30-55(48(37-43)38-64)84-63(72)47-20-18-46(19-21-47)62(71)83-52-28-24-50(25-29-52)79-42-54(81-59(68)8-4)40-74-33-10-12-35-76-57(66)6-2/h5-8,13,22-30,37-38,44-47,53-54,64H,1-4,9-12,14-21,31-36,39-42H2. The Kier molecular flexibility index (Phi) is 29.2. The SMILES string of the molecule is C=CC(=O)OCCCCOCC(COc1ccc(OC(=O)C2CCC(C(=O)OCCc3ccc(OC(=O)C4CCC(C(=O)Oc5ccc(OCC(COCCCCOC(=O)C=C)OC(=O)C=C)cc5)CC4)c(C=N)c3)CC2)cc1)OC(=O)C=C. The third-order valence-corrected chi connectivity index (χ3v) is 13.5. The molecule has 2 atom stereocenters. The van der Waals surface area contributed by atoms with E-state index >= 15 is 0 Å². The van der Waals surface area contributed by atoms with Gasteiger partial charge >= 0.3 is 47.8 Å². The van der Waals surface area contributed by atoms with Crippen molar-refractivity contribution < 1.29 is 95.2 Å². The predicted molar refractivity (Wildman–Crippen MR) is 303 cm³/mol. The number of hydrogen-bond donors (Lipinski definition) is 1. The molecular weight excluding hydrogens is 1090 g/mol. The van der Waals surface area contributed by atoms with E-state index in [1.807, 2.05) is 0 Å². The molecule has 0 aliphatic heterocycles. The van der Waals surface area contributed by atoms with Crippen LogP contribution in [0.4, 0.5) is 0 Å². The van der Waals surface area contributed by atoms with Gasteiger partial charge in [0.05, 0.1) is 56.7 Å². The molecule has 452 valence electrons. The predicted octanol–water partition coefficient (Wildman–Crippen LogP) is 8.50. The Morgan fingerprint density at radius 3 is 1.23 bits per heavy atom. The molecule has 2 saturated carbocycles. The zero-order valence-corrected chi connectivity index (χ0v) is 47.3. The molecule has 5 rings (SSSR count). The molecule has 2 aliphatic carbocycles. The Bertz CT molecular complexity index is 2690. The van der Waals surface area contributed by atoms with Crippen LogP contribution in [0.1, 0.15) is 88.2 Å². The summed E-state index contributed by atoms with van der Waals surface area (Å²) < 4.78 is 66.1. The van der Waals surface area contributed by atoms with Crippen LogP contribution in [-0.2, 0) is 77.9 Å². The molecule has 0 spiro atoms. The Morgan fingerprint density at radius 2 is 0.821 bits per heavy atom. The van der Waals surface area contributed by atoms with Crippen LogP contribution in [0.25, 0.3) is 0 Å². The van der Waals surface area contributed by atoms with E-state index in [-0.39, 0.29) is 63.9 Å². The van der Waals surface area contributed by atoms with E-state index in [2.05, 4.69) is 26.3 Å². The quantitative estimate of drug-likeness (QED) is 0.0141. The van der Waals surface area contributed by atoms with Crippen LogP contribution in [0.15, 0.2) is 117 Å². The van der Waals surface area contributed by atoms with Gasteiger partial charge in [-0.1, -0.05) is 32.4 Å². The van der Waals surface area contributed by atoms with Gasteiger partial charge in [-0.2, -0.15) is 0 Å². The number of hydrogen-bond acceptors (Lipinski definition) is 21. The van der Waals surface area contributed by atoms with Crippen molar-refractivity contribution in [3.05, 3.63) is 128 Å². The third-order valence-electron chi connectivity index (χ3n) is 13.5. The van der Waals surface area contributed by atoms with Crippen LogP contribution in [-0.4, -0.2) is 126 Å². The van der Waals surface area contributed by atoms with E-state index < -0.39 is 71.7 Å².